The van der Waals surface area contributed by atoms with Crippen molar-refractivity contribution < 1.29 is 19.1 Å². The first-order valence-corrected chi connectivity index (χ1v) is 9.07. The number of hydrogen-bond donors (Lipinski definition) is 0. The predicted molar refractivity (Wildman–Crippen MR) is 95.9 cm³/mol. The maximum atomic E-state index is 11.8. The van der Waals surface area contributed by atoms with E-state index in [4.69, 9.17) is 9.47 Å². The number of thiazole rings is 1. The van der Waals surface area contributed by atoms with Crippen molar-refractivity contribution >= 4 is 30.9 Å². The summed E-state index contributed by atoms with van der Waals surface area (Å²) in [5.74, 6) is -0.0827. The Morgan fingerprint density at radius 3 is 2.67 bits per heavy atom. The second-order valence-electron chi connectivity index (χ2n) is 5.73. The highest BCUT2D eigenvalue weighted by molar-refractivity contribution is 7.09. The smallest absolute Gasteiger partial charge is 0.357 e. The highest BCUT2D eigenvalue weighted by Gasteiger charge is 2.27. The molecule has 1 heterocycles. The molecular weight excluding hydrogens is 327 g/mol. The molecular formula is C16H26BN2O4S. The van der Waals surface area contributed by atoms with Gasteiger partial charge in [-0.25, -0.2) is 9.78 Å². The van der Waals surface area contributed by atoms with Gasteiger partial charge in [-0.3, -0.25) is 0 Å². The number of carbonyl (C=O) groups is 2. The normalized spacial score (nSPS) is 13.8. The van der Waals surface area contributed by atoms with E-state index >= 15 is 0 Å². The fourth-order valence-electron chi connectivity index (χ4n) is 2.51. The lowest BCUT2D eigenvalue weighted by Gasteiger charge is -2.32. The lowest BCUT2D eigenvalue weighted by Crippen LogP contribution is -2.40. The Bertz CT molecular complexity index is 524. The number of rotatable bonds is 11. The molecule has 0 saturated carbocycles. The molecule has 1 radical (unpaired) electrons. The monoisotopic (exact) mass is 353 g/mol. The van der Waals surface area contributed by atoms with Crippen LogP contribution in [0.4, 0.5) is 0 Å². The van der Waals surface area contributed by atoms with Crippen molar-refractivity contribution in [2.24, 2.45) is 5.92 Å². The zero-order valence-corrected chi connectivity index (χ0v) is 15.8. The third kappa shape index (κ3) is 6.00. The van der Waals surface area contributed by atoms with Gasteiger partial charge in [0.25, 0.3) is 7.41 Å². The first-order chi connectivity index (χ1) is 11.4. The van der Waals surface area contributed by atoms with E-state index in [0.717, 1.165) is 11.2 Å². The minimum absolute atomic E-state index is 0.127. The molecule has 0 amide bonds. The summed E-state index contributed by atoms with van der Waals surface area (Å²) in [4.78, 5) is 28.9. The van der Waals surface area contributed by atoms with E-state index in [1.165, 1.54) is 18.8 Å². The Hall–Kier alpha value is -1.25. The van der Waals surface area contributed by atoms with E-state index in [0.29, 0.717) is 31.2 Å². The number of nitrogens with zero attached hydrogens (tertiary/aromatic N) is 2. The molecule has 0 aliphatic rings. The Morgan fingerprint density at radius 2 is 2.12 bits per heavy atom. The van der Waals surface area contributed by atoms with Crippen LogP contribution in [0.2, 0.25) is 0 Å². The molecule has 0 aliphatic carbocycles. The minimum Gasteiger partial charge on any atom is -0.461 e. The van der Waals surface area contributed by atoms with Crippen LogP contribution < -0.4 is 0 Å². The summed E-state index contributed by atoms with van der Waals surface area (Å²) in [6.45, 7) is 8.77. The summed E-state index contributed by atoms with van der Waals surface area (Å²) < 4.78 is 10.8. The highest BCUT2D eigenvalue weighted by Crippen LogP contribution is 2.29. The van der Waals surface area contributed by atoms with Gasteiger partial charge in [-0.15, -0.1) is 11.3 Å². The third-order valence-electron chi connectivity index (χ3n) is 3.69. The van der Waals surface area contributed by atoms with Crippen LogP contribution in [0.15, 0.2) is 5.38 Å². The van der Waals surface area contributed by atoms with E-state index in [-0.39, 0.29) is 12.1 Å². The molecule has 24 heavy (non-hydrogen) atoms. The van der Waals surface area contributed by atoms with Gasteiger partial charge in [-0.05, 0) is 33.2 Å². The molecule has 0 spiro atoms. The van der Waals surface area contributed by atoms with Crippen LogP contribution in [0.3, 0.4) is 0 Å². The molecule has 1 rings (SSSR count). The van der Waals surface area contributed by atoms with Gasteiger partial charge in [0.15, 0.2) is 5.69 Å². The average Bonchev–Trinajstić information content (AvgIpc) is 3.01. The summed E-state index contributed by atoms with van der Waals surface area (Å²) in [5, 5.41) is 2.45. The molecule has 133 valence electrons. The van der Waals surface area contributed by atoms with Crippen LogP contribution in [0.25, 0.3) is 0 Å². The number of carbonyl (C=O) groups excluding carboxylic acids is 2. The first kappa shape index (κ1) is 20.8. The van der Waals surface area contributed by atoms with Gasteiger partial charge < -0.3 is 19.1 Å². The van der Waals surface area contributed by atoms with E-state index in [1.54, 1.807) is 12.3 Å². The van der Waals surface area contributed by atoms with Crippen LogP contribution in [-0.4, -0.2) is 55.7 Å². The van der Waals surface area contributed by atoms with Gasteiger partial charge in [0.05, 0.1) is 12.8 Å². The van der Waals surface area contributed by atoms with Crippen molar-refractivity contribution in [3.05, 3.63) is 16.1 Å². The van der Waals surface area contributed by atoms with Crippen molar-refractivity contribution in [2.75, 3.05) is 20.3 Å². The Morgan fingerprint density at radius 1 is 1.42 bits per heavy atom. The van der Waals surface area contributed by atoms with Crippen molar-refractivity contribution in [3.63, 3.8) is 0 Å². The predicted octanol–water partition coefficient (Wildman–Crippen LogP) is 2.55. The van der Waals surface area contributed by atoms with Crippen molar-refractivity contribution in [3.8, 4) is 0 Å². The molecule has 8 heteroatoms. The summed E-state index contributed by atoms with van der Waals surface area (Å²) in [6.07, 6.45) is 1.24. The van der Waals surface area contributed by atoms with Crippen molar-refractivity contribution in [1.29, 1.82) is 0 Å². The Kier molecular flexibility index (Phi) is 9.17. The molecule has 6 nitrogen and oxygen atoms in total. The second kappa shape index (κ2) is 10.6. The molecule has 0 unspecified atom stereocenters. The fraction of sp³-hybridized carbons (Fsp3) is 0.688. The van der Waals surface area contributed by atoms with E-state index in [9.17, 15) is 9.59 Å². The molecule has 0 N–H and O–H groups in total. The van der Waals surface area contributed by atoms with Gasteiger partial charge in [0.1, 0.15) is 11.1 Å². The SMILES string of the molecule is CCOC(=O)c1csc([C@H](C[C@H](C(C)C)N(C)[B]C=O)OCC)n1. The number of hydrogen-bond acceptors (Lipinski definition) is 7. The molecule has 0 bridgehead atoms. The molecule has 2 atom stereocenters. The number of aromatic nitrogens is 1. The van der Waals surface area contributed by atoms with Gasteiger partial charge >= 0.3 is 5.97 Å². The number of esters is 1. The Labute approximate surface area is 148 Å². The van der Waals surface area contributed by atoms with Gasteiger partial charge in [0.2, 0.25) is 0 Å². The van der Waals surface area contributed by atoms with Gasteiger partial charge in [-0.2, -0.15) is 0 Å². The van der Waals surface area contributed by atoms with Crippen LogP contribution in [-0.2, 0) is 14.3 Å². The quantitative estimate of drug-likeness (QED) is 0.346. The van der Waals surface area contributed by atoms with Crippen LogP contribution in [0, 0.1) is 5.92 Å². The van der Waals surface area contributed by atoms with Crippen LogP contribution >= 0.6 is 11.3 Å². The van der Waals surface area contributed by atoms with Gasteiger partial charge in [0, 0.05) is 18.0 Å². The lowest BCUT2D eigenvalue weighted by molar-refractivity contribution is 0.0360. The zero-order chi connectivity index (χ0) is 18.1. The van der Waals surface area contributed by atoms with Crippen molar-refractivity contribution in [2.45, 2.75) is 46.3 Å². The van der Waals surface area contributed by atoms with E-state index in [2.05, 4.69) is 18.8 Å². The molecule has 1 aromatic heterocycles. The van der Waals surface area contributed by atoms with E-state index in [1.807, 2.05) is 18.8 Å². The Balaban J connectivity index is 2.92. The molecule has 0 aromatic carbocycles. The standard InChI is InChI=1S/C16H26BN2O4S/c1-6-22-14(8-13(11(3)4)19(5)17-10-20)15-18-12(9-24-15)16(21)23-7-2/h9-11,13-14H,6-8H2,1-5H3/t13-,14+/m1/s1. The summed E-state index contributed by atoms with van der Waals surface area (Å²) in [6, 6.07) is 0.127. The second-order valence-corrected chi connectivity index (χ2v) is 6.62. The van der Waals surface area contributed by atoms with Crippen LogP contribution in [0.5, 0.6) is 0 Å². The lowest BCUT2D eigenvalue weighted by atomic mass is 9.86. The third-order valence-corrected chi connectivity index (χ3v) is 4.63. The van der Waals surface area contributed by atoms with E-state index < -0.39 is 5.97 Å². The minimum atomic E-state index is -0.415. The van der Waals surface area contributed by atoms with Crippen LogP contribution in [0.1, 0.15) is 55.7 Å². The average molecular weight is 353 g/mol. The summed E-state index contributed by atoms with van der Waals surface area (Å²) in [5.41, 5.74) is 0.315. The first-order valence-electron chi connectivity index (χ1n) is 8.19. The summed E-state index contributed by atoms with van der Waals surface area (Å²) in [7, 11) is 3.41. The molecule has 0 fully saturated rings. The summed E-state index contributed by atoms with van der Waals surface area (Å²) >= 11 is 1.40. The van der Waals surface area contributed by atoms with Crippen molar-refractivity contribution in [1.82, 2.24) is 9.79 Å². The number of ether oxygens (including phenoxy) is 2. The zero-order valence-electron chi connectivity index (χ0n) is 15.0. The molecule has 0 saturated heterocycles. The topological polar surface area (TPSA) is 68.7 Å². The maximum absolute atomic E-state index is 11.8. The highest BCUT2D eigenvalue weighted by atomic mass is 32.1. The fourth-order valence-corrected chi connectivity index (χ4v) is 3.36. The molecule has 0 aliphatic heterocycles. The molecule has 1 aromatic rings. The largest absolute Gasteiger partial charge is 0.461 e. The van der Waals surface area contributed by atoms with Gasteiger partial charge in [-0.1, -0.05) is 13.8 Å². The maximum Gasteiger partial charge on any atom is 0.357 e.